The van der Waals surface area contributed by atoms with Crippen molar-refractivity contribution in [2.45, 2.75) is 20.8 Å². The van der Waals surface area contributed by atoms with E-state index in [-0.39, 0.29) is 5.63 Å². The molecule has 0 amide bonds. The highest BCUT2D eigenvalue weighted by atomic mass is 16.4. The summed E-state index contributed by atoms with van der Waals surface area (Å²) in [6.07, 6.45) is 1.76. The van der Waals surface area contributed by atoms with E-state index in [1.54, 1.807) is 6.20 Å². The van der Waals surface area contributed by atoms with Gasteiger partial charge < -0.3 is 9.32 Å². The highest BCUT2D eigenvalue weighted by Crippen LogP contribution is 2.31. The van der Waals surface area contributed by atoms with Gasteiger partial charge in [-0.25, -0.2) is 14.5 Å². The van der Waals surface area contributed by atoms with Gasteiger partial charge in [0, 0.05) is 35.6 Å². The van der Waals surface area contributed by atoms with E-state index < -0.39 is 0 Å². The second-order valence-electron chi connectivity index (χ2n) is 7.33. The van der Waals surface area contributed by atoms with Crippen LogP contribution in [0, 0.1) is 6.92 Å². The first-order valence-corrected chi connectivity index (χ1v) is 10.2. The monoisotopic (exact) mass is 398 g/mol. The normalized spacial score (nSPS) is 11.6. The second kappa shape index (κ2) is 6.99. The first-order valence-electron chi connectivity index (χ1n) is 10.2. The molecule has 0 saturated carbocycles. The standard InChI is InChI=1S/C24H22N4O2/c1-4-27(5-2)17-11-12-18-20(13-17)30-24(29)21-15(3)19-14-25-28(23(19)26-22(18)21)16-9-7-6-8-10-16/h6-14H,4-5H2,1-3H3. The topological polar surface area (TPSA) is 64.2 Å². The molecular formula is C24H22N4O2. The third kappa shape index (κ3) is 2.68. The van der Waals surface area contributed by atoms with Crippen molar-refractivity contribution >= 4 is 38.6 Å². The van der Waals surface area contributed by atoms with E-state index in [0.717, 1.165) is 46.4 Å². The molecule has 5 rings (SSSR count). The molecule has 0 fully saturated rings. The van der Waals surface area contributed by atoms with E-state index >= 15 is 0 Å². The van der Waals surface area contributed by atoms with Crippen LogP contribution >= 0.6 is 0 Å². The summed E-state index contributed by atoms with van der Waals surface area (Å²) in [6.45, 7) is 7.91. The Kier molecular flexibility index (Phi) is 4.28. The zero-order valence-corrected chi connectivity index (χ0v) is 17.2. The number of anilines is 1. The molecule has 0 saturated heterocycles. The van der Waals surface area contributed by atoms with Gasteiger partial charge in [-0.05, 0) is 50.6 Å². The largest absolute Gasteiger partial charge is 0.422 e. The van der Waals surface area contributed by atoms with E-state index in [9.17, 15) is 4.79 Å². The molecule has 0 aliphatic carbocycles. The number of fused-ring (bicyclic) bond motifs is 4. The maximum atomic E-state index is 12.9. The Labute approximate surface area is 173 Å². The molecule has 5 aromatic rings. The Morgan fingerprint density at radius 3 is 2.53 bits per heavy atom. The minimum atomic E-state index is -0.367. The number of para-hydroxylation sites is 1. The maximum Gasteiger partial charge on any atom is 0.346 e. The molecule has 0 atom stereocenters. The van der Waals surface area contributed by atoms with E-state index in [0.29, 0.717) is 16.5 Å². The average Bonchev–Trinajstić information content (AvgIpc) is 3.19. The molecule has 0 N–H and O–H groups in total. The van der Waals surface area contributed by atoms with Crippen LogP contribution in [0.15, 0.2) is 63.9 Å². The second-order valence-corrected chi connectivity index (χ2v) is 7.33. The fourth-order valence-electron chi connectivity index (χ4n) is 4.12. The Hall–Kier alpha value is -3.67. The van der Waals surface area contributed by atoms with Crippen LogP contribution < -0.4 is 10.5 Å². The van der Waals surface area contributed by atoms with Crippen LogP contribution in [0.25, 0.3) is 38.6 Å². The molecule has 6 nitrogen and oxygen atoms in total. The van der Waals surface area contributed by atoms with E-state index in [2.05, 4.69) is 29.9 Å². The van der Waals surface area contributed by atoms with Gasteiger partial charge in [0.25, 0.3) is 0 Å². The van der Waals surface area contributed by atoms with E-state index in [4.69, 9.17) is 9.40 Å². The summed E-state index contributed by atoms with van der Waals surface area (Å²) in [5.74, 6) is 0. The summed E-state index contributed by atoms with van der Waals surface area (Å²) in [4.78, 5) is 20.0. The van der Waals surface area contributed by atoms with Crippen LogP contribution in [0.2, 0.25) is 0 Å². The summed E-state index contributed by atoms with van der Waals surface area (Å²) in [5.41, 5.74) is 4.35. The number of nitrogens with zero attached hydrogens (tertiary/aromatic N) is 4. The van der Waals surface area contributed by atoms with Gasteiger partial charge in [-0.2, -0.15) is 5.10 Å². The van der Waals surface area contributed by atoms with Crippen LogP contribution in [0.1, 0.15) is 19.4 Å². The lowest BCUT2D eigenvalue weighted by atomic mass is 10.1. The molecule has 0 bridgehead atoms. The van der Waals surface area contributed by atoms with Crippen LogP contribution in [0.3, 0.4) is 0 Å². The van der Waals surface area contributed by atoms with Gasteiger partial charge >= 0.3 is 5.63 Å². The number of rotatable bonds is 4. The molecule has 0 radical (unpaired) electrons. The molecule has 0 unspecified atom stereocenters. The zero-order chi connectivity index (χ0) is 20.8. The molecule has 0 aliphatic heterocycles. The van der Waals surface area contributed by atoms with E-state index in [1.165, 1.54) is 0 Å². The van der Waals surface area contributed by atoms with Crippen molar-refractivity contribution in [3.05, 3.63) is 70.7 Å². The molecular weight excluding hydrogens is 376 g/mol. The van der Waals surface area contributed by atoms with Gasteiger partial charge in [-0.3, -0.25) is 0 Å². The summed E-state index contributed by atoms with van der Waals surface area (Å²) >= 11 is 0. The van der Waals surface area contributed by atoms with Gasteiger partial charge in [0.1, 0.15) is 5.58 Å². The van der Waals surface area contributed by atoms with Crippen molar-refractivity contribution < 1.29 is 4.42 Å². The highest BCUT2D eigenvalue weighted by molar-refractivity contribution is 6.08. The van der Waals surface area contributed by atoms with Gasteiger partial charge in [0.15, 0.2) is 5.65 Å². The van der Waals surface area contributed by atoms with Crippen LogP contribution in [0.4, 0.5) is 5.69 Å². The predicted molar refractivity (Wildman–Crippen MR) is 121 cm³/mol. The van der Waals surface area contributed by atoms with E-state index in [1.807, 2.05) is 54.1 Å². The number of hydrogen-bond donors (Lipinski definition) is 0. The lowest BCUT2D eigenvalue weighted by molar-refractivity contribution is 0.569. The number of benzene rings is 2. The van der Waals surface area contributed by atoms with Gasteiger partial charge in [-0.1, -0.05) is 18.2 Å². The van der Waals surface area contributed by atoms with Gasteiger partial charge in [0.2, 0.25) is 0 Å². The first-order chi connectivity index (χ1) is 14.6. The summed E-state index contributed by atoms with van der Waals surface area (Å²) in [6, 6.07) is 15.9. The SMILES string of the molecule is CCN(CC)c1ccc2c(c1)oc(=O)c1c(C)c3cnn(-c4ccccc4)c3nc12. The minimum absolute atomic E-state index is 0.367. The van der Waals surface area contributed by atoms with Crippen molar-refractivity contribution in [1.82, 2.24) is 14.8 Å². The number of pyridine rings is 1. The quantitative estimate of drug-likeness (QED) is 0.320. The lowest BCUT2D eigenvalue weighted by Gasteiger charge is -2.21. The molecule has 30 heavy (non-hydrogen) atoms. The lowest BCUT2D eigenvalue weighted by Crippen LogP contribution is -2.21. The molecule has 0 aliphatic rings. The fraction of sp³-hybridized carbons (Fsp3) is 0.208. The molecule has 6 heteroatoms. The highest BCUT2D eigenvalue weighted by Gasteiger charge is 2.18. The smallest absolute Gasteiger partial charge is 0.346 e. The minimum Gasteiger partial charge on any atom is -0.422 e. The Morgan fingerprint density at radius 2 is 1.80 bits per heavy atom. The Morgan fingerprint density at radius 1 is 1.03 bits per heavy atom. The zero-order valence-electron chi connectivity index (χ0n) is 17.2. The molecule has 3 aromatic heterocycles. The average molecular weight is 398 g/mol. The Bertz CT molecular complexity index is 1450. The van der Waals surface area contributed by atoms with Crippen LogP contribution in [0.5, 0.6) is 0 Å². The predicted octanol–water partition coefficient (Wildman–Crippen LogP) is 4.83. The van der Waals surface area contributed by atoms with Crippen molar-refractivity contribution in [3.8, 4) is 5.69 Å². The van der Waals surface area contributed by atoms with Crippen LogP contribution in [-0.4, -0.2) is 27.9 Å². The van der Waals surface area contributed by atoms with Gasteiger partial charge in [0.05, 0.1) is 22.8 Å². The summed E-state index contributed by atoms with van der Waals surface area (Å²) < 4.78 is 7.54. The molecule has 2 aromatic carbocycles. The third-order valence-electron chi connectivity index (χ3n) is 5.73. The van der Waals surface area contributed by atoms with Crippen molar-refractivity contribution in [1.29, 1.82) is 0 Å². The number of hydrogen-bond acceptors (Lipinski definition) is 5. The van der Waals surface area contributed by atoms with Gasteiger partial charge in [-0.15, -0.1) is 0 Å². The molecule has 150 valence electrons. The number of aromatic nitrogens is 3. The third-order valence-corrected chi connectivity index (χ3v) is 5.73. The number of aryl methyl sites for hydroxylation is 1. The summed E-state index contributed by atoms with van der Waals surface area (Å²) in [5, 5.41) is 6.72. The Balaban J connectivity index is 1.85. The summed E-state index contributed by atoms with van der Waals surface area (Å²) in [7, 11) is 0. The van der Waals surface area contributed by atoms with Crippen molar-refractivity contribution in [2.24, 2.45) is 0 Å². The van der Waals surface area contributed by atoms with Crippen molar-refractivity contribution in [3.63, 3.8) is 0 Å². The fourth-order valence-corrected chi connectivity index (χ4v) is 4.12. The van der Waals surface area contributed by atoms with Crippen molar-refractivity contribution in [2.75, 3.05) is 18.0 Å². The molecule has 0 spiro atoms. The maximum absolute atomic E-state index is 12.9. The first kappa shape index (κ1) is 18.4. The van der Waals surface area contributed by atoms with Crippen LogP contribution in [-0.2, 0) is 0 Å². The molecule has 3 heterocycles.